The Balaban J connectivity index is 1.35. The molecule has 1 aliphatic heterocycles. The quantitative estimate of drug-likeness (QED) is 0.434. The summed E-state index contributed by atoms with van der Waals surface area (Å²) in [5, 5.41) is 4.91. The van der Waals surface area contributed by atoms with Gasteiger partial charge >= 0.3 is 0 Å². The molecule has 182 valence electrons. The predicted molar refractivity (Wildman–Crippen MR) is 139 cm³/mol. The molecule has 0 atom stereocenters. The lowest BCUT2D eigenvalue weighted by molar-refractivity contribution is -0.127. The Morgan fingerprint density at radius 3 is 2.39 bits per heavy atom. The largest absolute Gasteiger partial charge is 0.484 e. The van der Waals surface area contributed by atoms with Crippen LogP contribution < -0.4 is 15.4 Å². The Bertz CT molecular complexity index is 1340. The highest BCUT2D eigenvalue weighted by Crippen LogP contribution is 2.32. The fourth-order valence-corrected chi connectivity index (χ4v) is 4.25. The van der Waals surface area contributed by atoms with Gasteiger partial charge in [-0.3, -0.25) is 24.1 Å². The zero-order valence-corrected chi connectivity index (χ0v) is 20.2. The average Bonchev–Trinajstić information content (AvgIpc) is 3.11. The van der Waals surface area contributed by atoms with E-state index in [1.807, 2.05) is 31.2 Å². The molecule has 3 aromatic carbocycles. The van der Waals surface area contributed by atoms with Crippen molar-refractivity contribution in [2.24, 2.45) is 0 Å². The third kappa shape index (κ3) is 6.61. The first-order valence-electron chi connectivity index (χ1n) is 11.1. The highest BCUT2D eigenvalue weighted by molar-refractivity contribution is 8.18. The van der Waals surface area contributed by atoms with Gasteiger partial charge in [0, 0.05) is 11.4 Å². The SMILES string of the molecule is Cc1cccc(NC(=O)COc2cccc(/C=C3\SC(=O)N(CC(=O)Nc4ccccc4)C3=O)c2)c1. The highest BCUT2D eigenvalue weighted by Gasteiger charge is 2.36. The summed E-state index contributed by atoms with van der Waals surface area (Å²) in [6, 6.07) is 23.1. The van der Waals surface area contributed by atoms with Crippen LogP contribution in [-0.4, -0.2) is 41.0 Å². The average molecular weight is 502 g/mol. The number of carbonyl (C=O) groups is 4. The number of carbonyl (C=O) groups excluding carboxylic acids is 4. The third-order valence-corrected chi connectivity index (χ3v) is 5.97. The molecule has 0 bridgehead atoms. The van der Waals surface area contributed by atoms with E-state index in [2.05, 4.69) is 10.6 Å². The molecule has 8 nitrogen and oxygen atoms in total. The maximum Gasteiger partial charge on any atom is 0.294 e. The number of hydrogen-bond acceptors (Lipinski definition) is 6. The molecular formula is C27H23N3O5S. The Morgan fingerprint density at radius 1 is 0.889 bits per heavy atom. The van der Waals surface area contributed by atoms with Crippen molar-refractivity contribution in [1.82, 2.24) is 4.90 Å². The van der Waals surface area contributed by atoms with Crippen LogP contribution in [0.1, 0.15) is 11.1 Å². The normalized spacial score (nSPS) is 14.1. The summed E-state index contributed by atoms with van der Waals surface area (Å²) in [6.07, 6.45) is 1.56. The number of benzene rings is 3. The summed E-state index contributed by atoms with van der Waals surface area (Å²) in [6.45, 7) is 1.37. The minimum Gasteiger partial charge on any atom is -0.484 e. The maximum atomic E-state index is 12.8. The second kappa shape index (κ2) is 11.4. The lowest BCUT2D eigenvalue weighted by atomic mass is 10.2. The lowest BCUT2D eigenvalue weighted by Gasteiger charge is -2.12. The van der Waals surface area contributed by atoms with Crippen LogP contribution in [-0.2, 0) is 14.4 Å². The van der Waals surface area contributed by atoms with Gasteiger partial charge in [-0.15, -0.1) is 0 Å². The Hall–Kier alpha value is -4.37. The molecule has 1 heterocycles. The van der Waals surface area contributed by atoms with Gasteiger partial charge in [-0.1, -0.05) is 42.5 Å². The standard InChI is InChI=1S/C27H23N3O5S/c1-18-7-5-11-21(13-18)29-25(32)17-35-22-12-6-8-19(14-22)15-23-26(33)30(27(34)36-23)16-24(31)28-20-9-3-2-4-10-20/h2-15H,16-17H2,1H3,(H,28,31)(H,29,32)/b23-15-. The van der Waals surface area contributed by atoms with Crippen molar-refractivity contribution in [2.75, 3.05) is 23.8 Å². The lowest BCUT2D eigenvalue weighted by Crippen LogP contribution is -2.36. The van der Waals surface area contributed by atoms with Crippen LogP contribution in [0.15, 0.2) is 83.8 Å². The molecular weight excluding hydrogens is 478 g/mol. The number of ether oxygens (including phenoxy) is 1. The number of para-hydroxylation sites is 1. The van der Waals surface area contributed by atoms with E-state index in [1.165, 1.54) is 0 Å². The van der Waals surface area contributed by atoms with Crippen LogP contribution in [0.25, 0.3) is 6.08 Å². The maximum absolute atomic E-state index is 12.8. The summed E-state index contributed by atoms with van der Waals surface area (Å²) in [7, 11) is 0. The van der Waals surface area contributed by atoms with Crippen LogP contribution in [0.4, 0.5) is 16.2 Å². The molecule has 1 saturated heterocycles. The molecule has 0 radical (unpaired) electrons. The Labute approximate surface area is 212 Å². The summed E-state index contributed by atoms with van der Waals surface area (Å²) >= 11 is 0.765. The van der Waals surface area contributed by atoms with E-state index in [-0.39, 0.29) is 24.0 Å². The van der Waals surface area contributed by atoms with Crippen molar-refractivity contribution in [3.8, 4) is 5.75 Å². The number of anilines is 2. The van der Waals surface area contributed by atoms with Crippen molar-refractivity contribution >= 4 is 52.2 Å². The Morgan fingerprint density at radius 2 is 1.61 bits per heavy atom. The van der Waals surface area contributed by atoms with Gasteiger partial charge in [-0.25, -0.2) is 0 Å². The van der Waals surface area contributed by atoms with Crippen molar-refractivity contribution < 1.29 is 23.9 Å². The molecule has 9 heteroatoms. The highest BCUT2D eigenvalue weighted by atomic mass is 32.2. The molecule has 4 rings (SSSR count). The van der Waals surface area contributed by atoms with Crippen molar-refractivity contribution in [2.45, 2.75) is 6.92 Å². The minimum absolute atomic E-state index is 0.190. The van der Waals surface area contributed by atoms with Gasteiger partial charge in [-0.05, 0) is 72.3 Å². The van der Waals surface area contributed by atoms with Crippen molar-refractivity contribution in [1.29, 1.82) is 0 Å². The third-order valence-electron chi connectivity index (χ3n) is 5.06. The fraction of sp³-hybridized carbons (Fsp3) is 0.111. The smallest absolute Gasteiger partial charge is 0.294 e. The number of thioether (sulfide) groups is 1. The van der Waals surface area contributed by atoms with Crippen LogP contribution >= 0.6 is 11.8 Å². The van der Waals surface area contributed by atoms with Gasteiger partial charge in [0.2, 0.25) is 5.91 Å². The zero-order valence-electron chi connectivity index (χ0n) is 19.4. The molecule has 0 spiro atoms. The number of aryl methyl sites for hydroxylation is 1. The first kappa shape index (κ1) is 24.7. The molecule has 0 saturated carbocycles. The first-order valence-corrected chi connectivity index (χ1v) is 11.9. The fourth-order valence-electron chi connectivity index (χ4n) is 3.42. The van der Waals surface area contributed by atoms with Crippen molar-refractivity contribution in [3.05, 3.63) is 94.9 Å². The van der Waals surface area contributed by atoms with E-state index in [1.54, 1.807) is 60.7 Å². The van der Waals surface area contributed by atoms with E-state index in [9.17, 15) is 19.2 Å². The summed E-state index contributed by atoms with van der Waals surface area (Å²) < 4.78 is 5.59. The zero-order chi connectivity index (χ0) is 25.5. The second-order valence-electron chi connectivity index (χ2n) is 7.96. The monoisotopic (exact) mass is 501 g/mol. The molecule has 4 amide bonds. The number of amides is 4. The van der Waals surface area contributed by atoms with Gasteiger partial charge in [0.05, 0.1) is 4.91 Å². The summed E-state index contributed by atoms with van der Waals surface area (Å²) in [5.41, 5.74) is 2.91. The molecule has 36 heavy (non-hydrogen) atoms. The molecule has 3 aromatic rings. The van der Waals surface area contributed by atoms with Gasteiger partial charge in [0.1, 0.15) is 12.3 Å². The molecule has 0 unspecified atom stereocenters. The van der Waals surface area contributed by atoms with Crippen LogP contribution in [0, 0.1) is 6.92 Å². The minimum atomic E-state index is -0.544. The number of hydrogen-bond donors (Lipinski definition) is 2. The predicted octanol–water partition coefficient (Wildman–Crippen LogP) is 4.69. The van der Waals surface area contributed by atoms with E-state index >= 15 is 0 Å². The van der Waals surface area contributed by atoms with Gasteiger partial charge in [0.25, 0.3) is 17.1 Å². The van der Waals surface area contributed by atoms with Crippen molar-refractivity contribution in [3.63, 3.8) is 0 Å². The molecule has 0 aromatic heterocycles. The van der Waals surface area contributed by atoms with Crippen LogP contribution in [0.2, 0.25) is 0 Å². The second-order valence-corrected chi connectivity index (χ2v) is 8.95. The van der Waals surface area contributed by atoms with Gasteiger partial charge < -0.3 is 15.4 Å². The number of nitrogens with zero attached hydrogens (tertiary/aromatic N) is 1. The molecule has 0 aliphatic carbocycles. The van der Waals surface area contributed by atoms with Crippen LogP contribution in [0.5, 0.6) is 5.75 Å². The first-order chi connectivity index (χ1) is 17.4. The number of rotatable bonds is 8. The topological polar surface area (TPSA) is 105 Å². The van der Waals surface area contributed by atoms with E-state index in [4.69, 9.17) is 4.74 Å². The van der Waals surface area contributed by atoms with Gasteiger partial charge in [-0.2, -0.15) is 0 Å². The van der Waals surface area contributed by atoms with E-state index < -0.39 is 17.1 Å². The summed E-state index contributed by atoms with van der Waals surface area (Å²) in [5.74, 6) is -0.883. The van der Waals surface area contributed by atoms with E-state index in [0.29, 0.717) is 22.7 Å². The Kier molecular flexibility index (Phi) is 7.82. The summed E-state index contributed by atoms with van der Waals surface area (Å²) in [4.78, 5) is 50.7. The number of imide groups is 1. The van der Waals surface area contributed by atoms with Gasteiger partial charge in [0.15, 0.2) is 6.61 Å². The number of nitrogens with one attached hydrogen (secondary N) is 2. The molecule has 1 fully saturated rings. The van der Waals surface area contributed by atoms with E-state index in [0.717, 1.165) is 22.2 Å². The molecule has 2 N–H and O–H groups in total. The molecule has 1 aliphatic rings. The van der Waals surface area contributed by atoms with Crippen LogP contribution in [0.3, 0.4) is 0 Å².